The molecule has 2 aromatic heterocycles. The summed E-state index contributed by atoms with van der Waals surface area (Å²) in [5.41, 5.74) is 3.50. The van der Waals surface area contributed by atoms with Gasteiger partial charge in [0.15, 0.2) is 0 Å². The second-order valence-electron chi connectivity index (χ2n) is 6.38. The standard InChI is InChI=1S/C19H23N3OS/c1-10-8-6-7-9-15(10)12(3)20-13(4)17-21-18(23)16-11(2)14(5)24-19(16)22-17/h6-9,12-13,20H,1-5H3,(H,21,22,23). The third-order valence-corrected chi connectivity index (χ3v) is 5.72. The van der Waals surface area contributed by atoms with E-state index in [9.17, 15) is 4.79 Å². The zero-order chi connectivity index (χ0) is 17.4. The van der Waals surface area contributed by atoms with Crippen molar-refractivity contribution in [2.45, 2.75) is 46.7 Å². The van der Waals surface area contributed by atoms with Crippen molar-refractivity contribution in [2.24, 2.45) is 0 Å². The molecule has 126 valence electrons. The average Bonchev–Trinajstić information content (AvgIpc) is 2.82. The molecule has 0 saturated heterocycles. The highest BCUT2D eigenvalue weighted by Gasteiger charge is 2.17. The van der Waals surface area contributed by atoms with E-state index in [4.69, 9.17) is 0 Å². The summed E-state index contributed by atoms with van der Waals surface area (Å²) < 4.78 is 0. The van der Waals surface area contributed by atoms with Crippen LogP contribution in [0, 0.1) is 20.8 Å². The zero-order valence-corrected chi connectivity index (χ0v) is 15.5. The van der Waals surface area contributed by atoms with Crippen LogP contribution in [0.15, 0.2) is 29.1 Å². The largest absolute Gasteiger partial charge is 0.309 e. The summed E-state index contributed by atoms with van der Waals surface area (Å²) in [6.07, 6.45) is 0. The first-order valence-electron chi connectivity index (χ1n) is 8.20. The Labute approximate surface area is 146 Å². The van der Waals surface area contributed by atoms with Crippen LogP contribution in [0.5, 0.6) is 0 Å². The number of fused-ring (bicyclic) bond motifs is 1. The van der Waals surface area contributed by atoms with Crippen LogP contribution in [0.1, 0.15) is 53.3 Å². The molecule has 2 atom stereocenters. The van der Waals surface area contributed by atoms with Gasteiger partial charge in [0, 0.05) is 10.9 Å². The Morgan fingerprint density at radius 2 is 1.83 bits per heavy atom. The van der Waals surface area contributed by atoms with Gasteiger partial charge in [-0.25, -0.2) is 4.98 Å². The van der Waals surface area contributed by atoms with E-state index in [0.717, 1.165) is 20.7 Å². The predicted molar refractivity (Wildman–Crippen MR) is 101 cm³/mol. The van der Waals surface area contributed by atoms with Gasteiger partial charge in [-0.05, 0) is 51.3 Å². The number of hydrogen-bond donors (Lipinski definition) is 2. The summed E-state index contributed by atoms with van der Waals surface area (Å²) in [5.74, 6) is 0.689. The van der Waals surface area contributed by atoms with Gasteiger partial charge in [-0.15, -0.1) is 11.3 Å². The molecular weight excluding hydrogens is 318 g/mol. The maximum atomic E-state index is 12.4. The van der Waals surface area contributed by atoms with Crippen molar-refractivity contribution >= 4 is 21.6 Å². The average molecular weight is 341 g/mol. The molecule has 2 unspecified atom stereocenters. The van der Waals surface area contributed by atoms with Crippen LogP contribution in [0.25, 0.3) is 10.2 Å². The third-order valence-electron chi connectivity index (χ3n) is 4.62. The van der Waals surface area contributed by atoms with E-state index in [-0.39, 0.29) is 17.6 Å². The highest BCUT2D eigenvalue weighted by Crippen LogP contribution is 2.27. The summed E-state index contributed by atoms with van der Waals surface area (Å²) in [6.45, 7) is 10.3. The third kappa shape index (κ3) is 3.01. The van der Waals surface area contributed by atoms with E-state index in [2.05, 4.69) is 47.3 Å². The lowest BCUT2D eigenvalue weighted by molar-refractivity contribution is 0.475. The molecular formula is C19H23N3OS. The Morgan fingerprint density at radius 1 is 1.12 bits per heavy atom. The molecule has 5 heteroatoms. The van der Waals surface area contributed by atoms with Crippen molar-refractivity contribution in [3.63, 3.8) is 0 Å². The number of aromatic nitrogens is 2. The van der Waals surface area contributed by atoms with E-state index in [1.54, 1.807) is 11.3 Å². The minimum absolute atomic E-state index is 0.0422. The number of aryl methyl sites for hydroxylation is 3. The fraction of sp³-hybridized carbons (Fsp3) is 0.368. The van der Waals surface area contributed by atoms with Gasteiger partial charge in [0.25, 0.3) is 5.56 Å². The lowest BCUT2D eigenvalue weighted by atomic mass is 10.0. The van der Waals surface area contributed by atoms with Crippen molar-refractivity contribution in [1.29, 1.82) is 0 Å². The minimum atomic E-state index is -0.0472. The number of nitrogens with zero attached hydrogens (tertiary/aromatic N) is 1. The van der Waals surface area contributed by atoms with Crippen molar-refractivity contribution < 1.29 is 0 Å². The fourth-order valence-electron chi connectivity index (χ4n) is 3.09. The van der Waals surface area contributed by atoms with Crippen LogP contribution >= 0.6 is 11.3 Å². The topological polar surface area (TPSA) is 57.8 Å². The maximum Gasteiger partial charge on any atom is 0.259 e. The van der Waals surface area contributed by atoms with Gasteiger partial charge in [-0.3, -0.25) is 4.79 Å². The van der Waals surface area contributed by atoms with Crippen LogP contribution in [0.2, 0.25) is 0 Å². The van der Waals surface area contributed by atoms with Gasteiger partial charge in [-0.2, -0.15) is 0 Å². The second-order valence-corrected chi connectivity index (χ2v) is 7.58. The van der Waals surface area contributed by atoms with Crippen LogP contribution in [-0.4, -0.2) is 9.97 Å². The molecule has 0 amide bonds. The Morgan fingerprint density at radius 3 is 2.54 bits per heavy atom. The number of rotatable bonds is 4. The lowest BCUT2D eigenvalue weighted by Gasteiger charge is -2.21. The Hall–Kier alpha value is -1.98. The number of benzene rings is 1. The van der Waals surface area contributed by atoms with Crippen LogP contribution in [0.3, 0.4) is 0 Å². The van der Waals surface area contributed by atoms with E-state index in [1.807, 2.05) is 26.8 Å². The first-order valence-corrected chi connectivity index (χ1v) is 9.01. The molecule has 2 N–H and O–H groups in total. The SMILES string of the molecule is Cc1ccccc1C(C)NC(C)c1nc2sc(C)c(C)c2c(=O)[nH]1. The van der Waals surface area contributed by atoms with E-state index in [1.165, 1.54) is 11.1 Å². The normalized spacial score (nSPS) is 14.0. The summed E-state index contributed by atoms with van der Waals surface area (Å²) >= 11 is 1.58. The molecule has 0 aliphatic heterocycles. The van der Waals surface area contributed by atoms with E-state index >= 15 is 0 Å². The number of thiophene rings is 1. The quantitative estimate of drug-likeness (QED) is 0.743. The summed E-state index contributed by atoms with van der Waals surface area (Å²) in [4.78, 5) is 22.0. The molecule has 0 spiro atoms. The molecule has 3 aromatic rings. The van der Waals surface area contributed by atoms with Crippen molar-refractivity contribution in [3.05, 3.63) is 62.0 Å². The van der Waals surface area contributed by atoms with Crippen molar-refractivity contribution in [2.75, 3.05) is 0 Å². The molecule has 4 nitrogen and oxygen atoms in total. The first-order chi connectivity index (χ1) is 11.4. The molecule has 3 rings (SSSR count). The maximum absolute atomic E-state index is 12.4. The molecule has 0 bridgehead atoms. The molecule has 1 aromatic carbocycles. The number of H-pyrrole nitrogens is 1. The van der Waals surface area contributed by atoms with Gasteiger partial charge in [0.1, 0.15) is 10.7 Å². The van der Waals surface area contributed by atoms with E-state index in [0.29, 0.717) is 5.82 Å². The Kier molecular flexibility index (Phi) is 4.56. The monoisotopic (exact) mass is 341 g/mol. The number of nitrogens with one attached hydrogen (secondary N) is 2. The molecule has 0 aliphatic carbocycles. The molecule has 0 radical (unpaired) electrons. The van der Waals surface area contributed by atoms with Gasteiger partial charge < -0.3 is 10.3 Å². The zero-order valence-electron chi connectivity index (χ0n) is 14.7. The molecule has 0 fully saturated rings. The summed E-state index contributed by atoms with van der Waals surface area (Å²) in [7, 11) is 0. The lowest BCUT2D eigenvalue weighted by Crippen LogP contribution is -2.26. The van der Waals surface area contributed by atoms with Gasteiger partial charge >= 0.3 is 0 Å². The Bertz CT molecular complexity index is 941. The van der Waals surface area contributed by atoms with Crippen molar-refractivity contribution in [3.8, 4) is 0 Å². The first kappa shape index (κ1) is 16.9. The summed E-state index contributed by atoms with van der Waals surface area (Å²) in [6, 6.07) is 8.47. The second kappa shape index (κ2) is 6.49. The molecule has 0 saturated carbocycles. The van der Waals surface area contributed by atoms with Gasteiger partial charge in [0.05, 0.1) is 11.4 Å². The van der Waals surface area contributed by atoms with Crippen LogP contribution < -0.4 is 10.9 Å². The van der Waals surface area contributed by atoms with Crippen LogP contribution in [0.4, 0.5) is 0 Å². The highest BCUT2D eigenvalue weighted by atomic mass is 32.1. The summed E-state index contributed by atoms with van der Waals surface area (Å²) in [5, 5.41) is 4.26. The van der Waals surface area contributed by atoms with Crippen LogP contribution in [-0.2, 0) is 0 Å². The molecule has 24 heavy (non-hydrogen) atoms. The Balaban J connectivity index is 1.90. The number of hydrogen-bond acceptors (Lipinski definition) is 4. The highest BCUT2D eigenvalue weighted by molar-refractivity contribution is 7.18. The molecule has 0 aliphatic rings. The van der Waals surface area contributed by atoms with Gasteiger partial charge in [0.2, 0.25) is 0 Å². The predicted octanol–water partition coefficient (Wildman–Crippen LogP) is 4.32. The molecule has 2 heterocycles. The van der Waals surface area contributed by atoms with Crippen molar-refractivity contribution in [1.82, 2.24) is 15.3 Å². The van der Waals surface area contributed by atoms with Gasteiger partial charge in [-0.1, -0.05) is 24.3 Å². The van der Waals surface area contributed by atoms with E-state index < -0.39 is 0 Å². The fourth-order valence-corrected chi connectivity index (χ4v) is 4.13. The smallest absolute Gasteiger partial charge is 0.259 e. The number of aromatic amines is 1. The minimum Gasteiger partial charge on any atom is -0.309 e.